The van der Waals surface area contributed by atoms with Gasteiger partial charge in [-0.3, -0.25) is 9.59 Å². The molecule has 9 nitrogen and oxygen atoms in total. The lowest BCUT2D eigenvalue weighted by Crippen LogP contribution is -2.66. The maximum absolute atomic E-state index is 15.8. The van der Waals surface area contributed by atoms with Crippen LogP contribution in [0.1, 0.15) is 83.1 Å². The second-order valence-electron chi connectivity index (χ2n) is 17.2. The van der Waals surface area contributed by atoms with Gasteiger partial charge in [0.05, 0.1) is 43.0 Å². The zero-order valence-electron chi connectivity index (χ0n) is 31.0. The Morgan fingerprint density at radius 3 is 2.16 bits per heavy atom. The highest BCUT2D eigenvalue weighted by Crippen LogP contribution is 2.63. The van der Waals surface area contributed by atoms with E-state index in [0.29, 0.717) is 31.6 Å². The SMILES string of the molecule is COc1ccc(CO[C@H]2C(=O)[C@]3(C)[C@@H](O[Si](C)(C)C(C)(C)C)CC[C@@]4(CO4)[C@H]3[C@H](OC(=O)c3ccccc3)C(=O)[C@]3(O)CC[C@H]2C3(C)C)cc1. The van der Waals surface area contributed by atoms with Crippen molar-refractivity contribution in [2.75, 3.05) is 13.7 Å². The molecule has 4 aliphatic rings. The number of ketones is 2. The molecule has 8 atom stereocenters. The Morgan fingerprint density at radius 1 is 0.940 bits per heavy atom. The summed E-state index contributed by atoms with van der Waals surface area (Å²) in [6, 6.07) is 16.0. The highest BCUT2D eigenvalue weighted by molar-refractivity contribution is 6.74. The van der Waals surface area contributed by atoms with Crippen molar-refractivity contribution in [1.82, 2.24) is 0 Å². The van der Waals surface area contributed by atoms with Crippen molar-refractivity contribution >= 4 is 25.9 Å². The van der Waals surface area contributed by atoms with E-state index in [1.165, 1.54) is 0 Å². The zero-order valence-corrected chi connectivity index (χ0v) is 32.0. The van der Waals surface area contributed by atoms with Crippen LogP contribution in [0.5, 0.6) is 5.75 Å². The maximum Gasteiger partial charge on any atom is 0.338 e. The minimum atomic E-state index is -2.49. The molecule has 2 aromatic rings. The molecular weight excluding hydrogens is 653 g/mol. The summed E-state index contributed by atoms with van der Waals surface area (Å²) in [6.07, 6.45) is -1.51. The molecule has 3 saturated carbocycles. The first-order chi connectivity index (χ1) is 23.3. The van der Waals surface area contributed by atoms with Crippen LogP contribution in [-0.2, 0) is 34.8 Å². The number of Topliss-reactive ketones (excluding diaryl/α,β-unsaturated/α-hetero) is 2. The summed E-state index contributed by atoms with van der Waals surface area (Å²) in [5.41, 5.74) is -4.13. The molecule has 0 unspecified atom stereocenters. The van der Waals surface area contributed by atoms with Crippen LogP contribution in [0.4, 0.5) is 0 Å². The van der Waals surface area contributed by atoms with Gasteiger partial charge in [-0.05, 0) is 80.6 Å². The van der Waals surface area contributed by atoms with Crippen LogP contribution in [-0.4, -0.2) is 74.2 Å². The Balaban J connectivity index is 1.52. The fraction of sp³-hybridized carbons (Fsp3) is 0.625. The van der Waals surface area contributed by atoms with Crippen LogP contribution in [0.25, 0.3) is 0 Å². The molecule has 3 aliphatic carbocycles. The van der Waals surface area contributed by atoms with Crippen LogP contribution >= 0.6 is 0 Å². The minimum absolute atomic E-state index is 0.111. The van der Waals surface area contributed by atoms with Gasteiger partial charge in [0.25, 0.3) is 0 Å². The van der Waals surface area contributed by atoms with Gasteiger partial charge < -0.3 is 28.5 Å². The van der Waals surface area contributed by atoms with Gasteiger partial charge >= 0.3 is 5.97 Å². The normalized spacial score (nSPS) is 35.1. The molecule has 1 N–H and O–H groups in total. The van der Waals surface area contributed by atoms with E-state index in [1.54, 1.807) is 37.4 Å². The predicted octanol–water partition coefficient (Wildman–Crippen LogP) is 6.70. The van der Waals surface area contributed by atoms with E-state index in [9.17, 15) is 9.90 Å². The number of benzene rings is 2. The lowest BCUT2D eigenvalue weighted by Gasteiger charge is -2.54. The highest BCUT2D eigenvalue weighted by Gasteiger charge is 2.75. The van der Waals surface area contributed by atoms with Crippen LogP contribution in [0.2, 0.25) is 18.1 Å². The number of carbonyl (C=O) groups is 3. The van der Waals surface area contributed by atoms with Gasteiger partial charge in [0.15, 0.2) is 20.2 Å². The average Bonchev–Trinajstić information content (AvgIpc) is 3.80. The lowest BCUT2D eigenvalue weighted by molar-refractivity contribution is -0.178. The molecule has 0 radical (unpaired) electrons. The Hall–Kier alpha value is -2.89. The summed E-state index contributed by atoms with van der Waals surface area (Å²) in [6.45, 7) is 16.8. The summed E-state index contributed by atoms with van der Waals surface area (Å²) < 4.78 is 31.8. The van der Waals surface area contributed by atoms with Crippen LogP contribution in [0.3, 0.4) is 0 Å². The van der Waals surface area contributed by atoms with E-state index < -0.39 is 72.2 Å². The number of aliphatic hydroxyl groups is 1. The van der Waals surface area contributed by atoms with E-state index in [-0.39, 0.29) is 29.4 Å². The monoisotopic (exact) mass is 706 g/mol. The number of epoxide rings is 1. The summed E-state index contributed by atoms with van der Waals surface area (Å²) in [7, 11) is -0.878. The second-order valence-corrected chi connectivity index (χ2v) is 22.0. The topological polar surface area (TPSA) is 121 Å². The van der Waals surface area contributed by atoms with Gasteiger partial charge in [-0.25, -0.2) is 4.79 Å². The van der Waals surface area contributed by atoms with Crippen molar-refractivity contribution in [3.8, 4) is 5.75 Å². The maximum atomic E-state index is 15.8. The molecule has 1 heterocycles. The van der Waals surface area contributed by atoms with Crippen molar-refractivity contribution in [2.24, 2.45) is 22.7 Å². The third kappa shape index (κ3) is 5.89. The summed E-state index contributed by atoms with van der Waals surface area (Å²) in [5.74, 6) is -2.19. The van der Waals surface area contributed by atoms with Gasteiger partial charge in [0, 0.05) is 17.3 Å². The molecule has 1 aliphatic heterocycles. The molecule has 2 aromatic carbocycles. The smallest absolute Gasteiger partial charge is 0.338 e. The van der Waals surface area contributed by atoms with E-state index in [4.69, 9.17) is 23.4 Å². The molecule has 272 valence electrons. The number of rotatable bonds is 8. The molecule has 10 heteroatoms. The number of esters is 1. The lowest BCUT2D eigenvalue weighted by atomic mass is 9.55. The predicted molar refractivity (Wildman–Crippen MR) is 190 cm³/mol. The molecule has 1 saturated heterocycles. The van der Waals surface area contributed by atoms with Crippen molar-refractivity contribution in [3.63, 3.8) is 0 Å². The average molecular weight is 707 g/mol. The first-order valence-corrected chi connectivity index (χ1v) is 20.9. The van der Waals surface area contributed by atoms with Crippen LogP contribution in [0, 0.1) is 22.7 Å². The van der Waals surface area contributed by atoms with Crippen molar-refractivity contribution < 1.29 is 42.9 Å². The summed E-state index contributed by atoms with van der Waals surface area (Å²) in [4.78, 5) is 44.8. The third-order valence-electron chi connectivity index (χ3n) is 13.2. The Bertz CT molecular complexity index is 1610. The summed E-state index contributed by atoms with van der Waals surface area (Å²) >= 11 is 0. The van der Waals surface area contributed by atoms with Gasteiger partial charge in [0.2, 0.25) is 5.78 Å². The highest BCUT2D eigenvalue weighted by atomic mass is 28.4. The van der Waals surface area contributed by atoms with Crippen molar-refractivity contribution in [3.05, 3.63) is 65.7 Å². The van der Waals surface area contributed by atoms with Gasteiger partial charge in [-0.1, -0.05) is 65.0 Å². The molecule has 50 heavy (non-hydrogen) atoms. The standard InChI is InChI=1S/C40H54O9Si/c1-36(2,3)50(8,9)49-29-20-21-39(24-47-39)32-31(48-35(43)26-13-11-10-12-14-26)34(42)40(44)22-19-28(37(40,4)5)30(33(41)38(29,32)6)46-23-25-15-17-27(45-7)18-16-25/h10-18,28-32,44H,19-24H2,1-9H3/t28-,29+,30-,31+,32+,38-,39-,40-/m1/s1. The second kappa shape index (κ2) is 12.7. The fourth-order valence-electron chi connectivity index (χ4n) is 8.79. The quantitative estimate of drug-likeness (QED) is 0.182. The Kier molecular flexibility index (Phi) is 9.33. The largest absolute Gasteiger partial charge is 0.497 e. The number of hydrogen-bond acceptors (Lipinski definition) is 9. The first kappa shape index (κ1) is 36.9. The molecule has 0 aromatic heterocycles. The number of methoxy groups -OCH3 is 1. The first-order valence-electron chi connectivity index (χ1n) is 18.0. The van der Waals surface area contributed by atoms with Crippen LogP contribution in [0.15, 0.2) is 54.6 Å². The molecular formula is C40H54O9Si. The molecule has 6 rings (SSSR count). The van der Waals surface area contributed by atoms with E-state index in [0.717, 1.165) is 5.56 Å². The third-order valence-corrected chi connectivity index (χ3v) is 17.7. The number of hydrogen-bond donors (Lipinski definition) is 1. The van der Waals surface area contributed by atoms with Gasteiger partial charge in [0.1, 0.15) is 17.5 Å². The summed E-state index contributed by atoms with van der Waals surface area (Å²) in [5, 5.41) is 12.4. The minimum Gasteiger partial charge on any atom is -0.497 e. The van der Waals surface area contributed by atoms with Crippen molar-refractivity contribution in [2.45, 2.75) is 121 Å². The van der Waals surface area contributed by atoms with E-state index >= 15 is 9.59 Å². The van der Waals surface area contributed by atoms with Gasteiger partial charge in [-0.2, -0.15) is 0 Å². The molecule has 1 spiro atoms. The molecule has 4 fully saturated rings. The van der Waals surface area contributed by atoms with Gasteiger partial charge in [-0.15, -0.1) is 0 Å². The number of ether oxygens (including phenoxy) is 4. The van der Waals surface area contributed by atoms with E-state index in [1.807, 2.05) is 45.0 Å². The zero-order chi connectivity index (χ0) is 36.5. The Labute approximate surface area is 297 Å². The fourth-order valence-corrected chi connectivity index (χ4v) is 10.2. The molecule has 2 bridgehead atoms. The van der Waals surface area contributed by atoms with Crippen molar-refractivity contribution in [1.29, 1.82) is 0 Å². The number of carbonyl (C=O) groups excluding carboxylic acids is 3. The molecule has 0 amide bonds. The number of fused-ring (bicyclic) bond motifs is 4. The van der Waals surface area contributed by atoms with E-state index in [2.05, 4.69) is 33.9 Å². The van der Waals surface area contributed by atoms with Crippen LogP contribution < -0.4 is 4.74 Å². The Morgan fingerprint density at radius 2 is 1.58 bits per heavy atom.